The van der Waals surface area contributed by atoms with Crippen LogP contribution < -0.4 is 5.73 Å². The predicted octanol–water partition coefficient (Wildman–Crippen LogP) is 2.36. The first-order valence-electron chi connectivity index (χ1n) is 4.49. The maximum Gasteiger partial charge on any atom is 0.161 e. The minimum atomic E-state index is 0.201. The summed E-state index contributed by atoms with van der Waals surface area (Å²) >= 11 is 3.37. The molecule has 0 radical (unpaired) electrons. The highest BCUT2D eigenvalue weighted by atomic mass is 79.9. The second-order valence-corrected chi connectivity index (χ2v) is 4.03. The van der Waals surface area contributed by atoms with Crippen molar-refractivity contribution in [3.63, 3.8) is 0 Å². The molecule has 4 nitrogen and oxygen atoms in total. The van der Waals surface area contributed by atoms with Crippen LogP contribution in [-0.2, 0) is 0 Å². The SMILES string of the molecule is N#Cc1cnc(-c2cccc(Br)c2)nc1N. The van der Waals surface area contributed by atoms with Gasteiger partial charge in [0.05, 0.1) is 6.20 Å². The molecule has 1 aromatic heterocycles. The van der Waals surface area contributed by atoms with E-state index < -0.39 is 0 Å². The van der Waals surface area contributed by atoms with Crippen LogP contribution in [0.3, 0.4) is 0 Å². The van der Waals surface area contributed by atoms with Gasteiger partial charge in [0.2, 0.25) is 0 Å². The Morgan fingerprint density at radius 1 is 1.38 bits per heavy atom. The normalized spacial score (nSPS) is 9.75. The summed E-state index contributed by atoms with van der Waals surface area (Å²) in [5.74, 6) is 0.713. The molecule has 1 aromatic carbocycles. The van der Waals surface area contributed by atoms with E-state index >= 15 is 0 Å². The smallest absolute Gasteiger partial charge is 0.161 e. The van der Waals surface area contributed by atoms with E-state index in [0.29, 0.717) is 11.4 Å². The number of rotatable bonds is 1. The largest absolute Gasteiger partial charge is 0.382 e. The summed E-state index contributed by atoms with van der Waals surface area (Å²) in [6.07, 6.45) is 1.43. The molecule has 0 amide bonds. The minimum Gasteiger partial charge on any atom is -0.382 e. The average Bonchev–Trinajstić information content (AvgIpc) is 2.29. The summed E-state index contributed by atoms with van der Waals surface area (Å²) in [6, 6.07) is 9.50. The molecule has 16 heavy (non-hydrogen) atoms. The lowest BCUT2D eigenvalue weighted by Gasteiger charge is -2.02. The van der Waals surface area contributed by atoms with Crippen LogP contribution in [0.1, 0.15) is 5.56 Å². The molecule has 0 atom stereocenters. The third kappa shape index (κ3) is 2.02. The van der Waals surface area contributed by atoms with Crippen LogP contribution in [0.25, 0.3) is 11.4 Å². The Kier molecular flexibility index (Phi) is 2.84. The number of nitrogens with two attached hydrogens (primary N) is 1. The lowest BCUT2D eigenvalue weighted by atomic mass is 10.2. The number of hydrogen-bond donors (Lipinski definition) is 1. The number of nitrogen functional groups attached to an aromatic ring is 1. The zero-order valence-electron chi connectivity index (χ0n) is 8.18. The number of nitriles is 1. The summed E-state index contributed by atoms with van der Waals surface area (Å²) in [5, 5.41) is 8.71. The van der Waals surface area contributed by atoms with Crippen LogP contribution in [0.2, 0.25) is 0 Å². The topological polar surface area (TPSA) is 75.6 Å². The van der Waals surface area contributed by atoms with Crippen molar-refractivity contribution in [1.82, 2.24) is 9.97 Å². The van der Waals surface area contributed by atoms with E-state index in [4.69, 9.17) is 11.0 Å². The van der Waals surface area contributed by atoms with E-state index in [-0.39, 0.29) is 5.82 Å². The maximum atomic E-state index is 8.71. The van der Waals surface area contributed by atoms with E-state index in [9.17, 15) is 0 Å². The van der Waals surface area contributed by atoms with Crippen molar-refractivity contribution >= 4 is 21.7 Å². The zero-order chi connectivity index (χ0) is 11.5. The molecule has 0 spiro atoms. The van der Waals surface area contributed by atoms with E-state index in [1.807, 2.05) is 30.3 Å². The molecule has 2 aromatic rings. The first-order chi connectivity index (χ1) is 7.70. The molecule has 2 N–H and O–H groups in total. The van der Waals surface area contributed by atoms with Gasteiger partial charge in [-0.3, -0.25) is 0 Å². The third-order valence-corrected chi connectivity index (χ3v) is 2.51. The molecule has 0 bridgehead atoms. The van der Waals surface area contributed by atoms with Crippen LogP contribution >= 0.6 is 15.9 Å². The molecule has 0 aliphatic rings. The van der Waals surface area contributed by atoms with Gasteiger partial charge < -0.3 is 5.73 Å². The Morgan fingerprint density at radius 3 is 2.81 bits per heavy atom. The predicted molar refractivity (Wildman–Crippen MR) is 64.3 cm³/mol. The molecule has 78 valence electrons. The number of halogens is 1. The Balaban J connectivity index is 2.50. The number of nitrogens with zero attached hydrogens (tertiary/aromatic N) is 3. The Bertz CT molecular complexity index is 574. The second-order valence-electron chi connectivity index (χ2n) is 3.11. The van der Waals surface area contributed by atoms with Crippen molar-refractivity contribution in [2.24, 2.45) is 0 Å². The summed E-state index contributed by atoms with van der Waals surface area (Å²) in [5.41, 5.74) is 6.76. The van der Waals surface area contributed by atoms with Gasteiger partial charge in [-0.15, -0.1) is 0 Å². The van der Waals surface area contributed by atoms with E-state index in [1.54, 1.807) is 0 Å². The van der Waals surface area contributed by atoms with Crippen molar-refractivity contribution in [2.75, 3.05) is 5.73 Å². The number of benzene rings is 1. The Hall–Kier alpha value is -1.93. The van der Waals surface area contributed by atoms with Crippen molar-refractivity contribution < 1.29 is 0 Å². The summed E-state index contributed by atoms with van der Waals surface area (Å²) < 4.78 is 0.941. The Labute approximate surface area is 101 Å². The first kappa shape index (κ1) is 10.6. The van der Waals surface area contributed by atoms with Crippen LogP contribution in [-0.4, -0.2) is 9.97 Å². The fourth-order valence-electron chi connectivity index (χ4n) is 1.25. The first-order valence-corrected chi connectivity index (χ1v) is 5.28. The quantitative estimate of drug-likeness (QED) is 0.866. The lowest BCUT2D eigenvalue weighted by Crippen LogP contribution is -1.98. The standard InChI is InChI=1S/C11H7BrN4/c12-9-3-1-2-7(4-9)11-15-6-8(5-13)10(14)16-11/h1-4,6H,(H2,14,15,16). The van der Waals surface area contributed by atoms with Crippen LogP contribution in [0.5, 0.6) is 0 Å². The molecule has 2 rings (SSSR count). The van der Waals surface area contributed by atoms with Crippen LogP contribution in [0, 0.1) is 11.3 Å². The van der Waals surface area contributed by atoms with Crippen LogP contribution in [0.4, 0.5) is 5.82 Å². The van der Waals surface area contributed by atoms with E-state index in [0.717, 1.165) is 10.0 Å². The van der Waals surface area contributed by atoms with Crippen molar-refractivity contribution in [1.29, 1.82) is 5.26 Å². The fourth-order valence-corrected chi connectivity index (χ4v) is 1.65. The van der Waals surface area contributed by atoms with Gasteiger partial charge in [0.25, 0.3) is 0 Å². The van der Waals surface area contributed by atoms with Crippen molar-refractivity contribution in [3.05, 3.63) is 40.5 Å². The molecule has 5 heteroatoms. The minimum absolute atomic E-state index is 0.201. The lowest BCUT2D eigenvalue weighted by molar-refractivity contribution is 1.17. The third-order valence-electron chi connectivity index (χ3n) is 2.02. The van der Waals surface area contributed by atoms with Crippen LogP contribution in [0.15, 0.2) is 34.9 Å². The zero-order valence-corrected chi connectivity index (χ0v) is 9.77. The summed E-state index contributed by atoms with van der Waals surface area (Å²) in [6.45, 7) is 0. The summed E-state index contributed by atoms with van der Waals surface area (Å²) in [7, 11) is 0. The molecule has 0 aliphatic heterocycles. The molecule has 0 saturated heterocycles. The number of aromatic nitrogens is 2. The van der Waals surface area contributed by atoms with Gasteiger partial charge in [-0.2, -0.15) is 5.26 Å². The molecule has 1 heterocycles. The van der Waals surface area contributed by atoms with Gasteiger partial charge in [-0.25, -0.2) is 9.97 Å². The second kappa shape index (κ2) is 4.29. The molecule has 0 unspecified atom stereocenters. The van der Waals surface area contributed by atoms with Gasteiger partial charge >= 0.3 is 0 Å². The molecular formula is C11H7BrN4. The average molecular weight is 275 g/mol. The molecule has 0 fully saturated rings. The van der Waals surface area contributed by atoms with Crippen molar-refractivity contribution in [2.45, 2.75) is 0 Å². The number of hydrogen-bond acceptors (Lipinski definition) is 4. The highest BCUT2D eigenvalue weighted by Crippen LogP contribution is 2.20. The van der Waals surface area contributed by atoms with Gasteiger partial charge in [0.15, 0.2) is 5.82 Å². The van der Waals surface area contributed by atoms with E-state index in [1.165, 1.54) is 6.20 Å². The molecule has 0 aliphatic carbocycles. The van der Waals surface area contributed by atoms with E-state index in [2.05, 4.69) is 25.9 Å². The van der Waals surface area contributed by atoms with Gasteiger partial charge in [0, 0.05) is 10.0 Å². The fraction of sp³-hybridized carbons (Fsp3) is 0. The highest BCUT2D eigenvalue weighted by Gasteiger charge is 2.05. The number of anilines is 1. The van der Waals surface area contributed by atoms with Gasteiger partial charge in [-0.05, 0) is 12.1 Å². The molecule has 0 saturated carbocycles. The Morgan fingerprint density at radius 2 is 2.19 bits per heavy atom. The van der Waals surface area contributed by atoms with Gasteiger partial charge in [0.1, 0.15) is 17.5 Å². The maximum absolute atomic E-state index is 8.71. The highest BCUT2D eigenvalue weighted by molar-refractivity contribution is 9.10. The molecular weight excluding hydrogens is 268 g/mol. The van der Waals surface area contributed by atoms with Gasteiger partial charge in [-0.1, -0.05) is 28.1 Å². The monoisotopic (exact) mass is 274 g/mol. The summed E-state index contributed by atoms with van der Waals surface area (Å²) in [4.78, 5) is 8.17. The van der Waals surface area contributed by atoms with Crippen molar-refractivity contribution in [3.8, 4) is 17.5 Å².